The van der Waals surface area contributed by atoms with Gasteiger partial charge in [0.05, 0.1) is 0 Å². The normalized spacial score (nSPS) is 25.4. The highest BCUT2D eigenvalue weighted by atomic mass is 16.4. The molecule has 2 fully saturated rings. The van der Waals surface area contributed by atoms with E-state index in [1.165, 1.54) is 6.42 Å². The van der Waals surface area contributed by atoms with Gasteiger partial charge in [0.15, 0.2) is 0 Å². The fraction of sp³-hybridized carbons (Fsp3) is 0.846. The summed E-state index contributed by atoms with van der Waals surface area (Å²) in [6.07, 6.45) is 6.33. The summed E-state index contributed by atoms with van der Waals surface area (Å²) in [5.74, 6) is 0.251. The van der Waals surface area contributed by atoms with Crippen LogP contribution in [0.1, 0.15) is 44.9 Å². The number of amides is 1. The van der Waals surface area contributed by atoms with E-state index in [1.54, 1.807) is 0 Å². The van der Waals surface area contributed by atoms with E-state index in [-0.39, 0.29) is 12.3 Å². The van der Waals surface area contributed by atoms with Crippen LogP contribution in [0.15, 0.2) is 0 Å². The van der Waals surface area contributed by atoms with E-state index in [0.29, 0.717) is 18.2 Å². The van der Waals surface area contributed by atoms with Crippen molar-refractivity contribution in [1.82, 2.24) is 4.90 Å². The molecule has 0 aromatic heterocycles. The molecule has 1 saturated carbocycles. The predicted molar refractivity (Wildman–Crippen MR) is 63.5 cm³/mol. The third-order valence-electron chi connectivity index (χ3n) is 4.05. The van der Waals surface area contributed by atoms with Gasteiger partial charge in [0, 0.05) is 25.4 Å². The average Bonchev–Trinajstić information content (AvgIpc) is 2.24. The summed E-state index contributed by atoms with van der Waals surface area (Å²) in [6.45, 7) is 1.65. The Morgan fingerprint density at radius 2 is 1.94 bits per heavy atom. The van der Waals surface area contributed by atoms with Gasteiger partial charge in [-0.1, -0.05) is 6.42 Å². The number of aliphatic carboxylic acids is 1. The second-order valence-electron chi connectivity index (χ2n) is 5.35. The minimum absolute atomic E-state index is 0.232. The van der Waals surface area contributed by atoms with Crippen molar-refractivity contribution >= 4 is 11.9 Å². The summed E-state index contributed by atoms with van der Waals surface area (Å²) in [4.78, 5) is 24.6. The molecule has 1 atom stereocenters. The zero-order valence-electron chi connectivity index (χ0n) is 10.2. The minimum atomic E-state index is -0.729. The van der Waals surface area contributed by atoms with Crippen LogP contribution in [0.4, 0.5) is 0 Å². The lowest BCUT2D eigenvalue weighted by atomic mass is 9.83. The molecular formula is C13H21NO3. The van der Waals surface area contributed by atoms with E-state index in [9.17, 15) is 9.59 Å². The van der Waals surface area contributed by atoms with Crippen LogP contribution in [0.2, 0.25) is 0 Å². The van der Waals surface area contributed by atoms with Crippen LogP contribution < -0.4 is 0 Å². The van der Waals surface area contributed by atoms with Crippen LogP contribution in [0.3, 0.4) is 0 Å². The lowest BCUT2D eigenvalue weighted by Crippen LogP contribution is -2.44. The molecule has 0 spiro atoms. The van der Waals surface area contributed by atoms with E-state index < -0.39 is 5.97 Å². The lowest BCUT2D eigenvalue weighted by Gasteiger charge is -2.37. The molecule has 1 unspecified atom stereocenters. The van der Waals surface area contributed by atoms with Crippen molar-refractivity contribution in [2.45, 2.75) is 44.9 Å². The Hall–Kier alpha value is -1.06. The molecule has 0 radical (unpaired) electrons. The quantitative estimate of drug-likeness (QED) is 0.815. The summed E-state index contributed by atoms with van der Waals surface area (Å²) in [6, 6.07) is 0. The van der Waals surface area contributed by atoms with Gasteiger partial charge >= 0.3 is 5.97 Å². The zero-order valence-corrected chi connectivity index (χ0v) is 10.2. The van der Waals surface area contributed by atoms with E-state index in [0.717, 1.165) is 38.8 Å². The van der Waals surface area contributed by atoms with Crippen molar-refractivity contribution in [3.63, 3.8) is 0 Å². The Kier molecular flexibility index (Phi) is 4.02. The van der Waals surface area contributed by atoms with Crippen molar-refractivity contribution in [3.8, 4) is 0 Å². The molecule has 1 N–H and O–H groups in total. The molecule has 17 heavy (non-hydrogen) atoms. The van der Waals surface area contributed by atoms with Crippen LogP contribution in [-0.2, 0) is 9.59 Å². The van der Waals surface area contributed by atoms with Gasteiger partial charge in [-0.15, -0.1) is 0 Å². The first kappa shape index (κ1) is 12.4. The van der Waals surface area contributed by atoms with E-state index in [1.807, 2.05) is 4.90 Å². The summed E-state index contributed by atoms with van der Waals surface area (Å²) in [7, 11) is 0. The Labute approximate surface area is 102 Å². The summed E-state index contributed by atoms with van der Waals surface area (Å²) >= 11 is 0. The fourth-order valence-corrected chi connectivity index (χ4v) is 2.74. The van der Waals surface area contributed by atoms with Crippen molar-refractivity contribution < 1.29 is 14.7 Å². The predicted octanol–water partition coefficient (Wildman–Crippen LogP) is 1.89. The first-order valence-electron chi connectivity index (χ1n) is 6.67. The topological polar surface area (TPSA) is 57.6 Å². The van der Waals surface area contributed by atoms with Gasteiger partial charge in [-0.3, -0.25) is 9.59 Å². The molecule has 1 amide bonds. The molecule has 2 rings (SSSR count). The maximum absolute atomic E-state index is 12.1. The maximum Gasteiger partial charge on any atom is 0.303 e. The van der Waals surface area contributed by atoms with Crippen LogP contribution >= 0.6 is 0 Å². The number of carbonyl (C=O) groups is 2. The van der Waals surface area contributed by atoms with Gasteiger partial charge < -0.3 is 10.0 Å². The zero-order chi connectivity index (χ0) is 12.3. The Morgan fingerprint density at radius 1 is 1.18 bits per heavy atom. The second kappa shape index (κ2) is 5.52. The van der Waals surface area contributed by atoms with Gasteiger partial charge in [-0.2, -0.15) is 0 Å². The summed E-state index contributed by atoms with van der Waals surface area (Å²) < 4.78 is 0. The standard InChI is InChI=1S/C13H21NO3/c15-12(16)7-6-10-3-2-8-14(9-10)13(17)11-4-1-5-11/h10-11H,1-9H2,(H,15,16). The molecule has 1 saturated heterocycles. The molecule has 0 bridgehead atoms. The first-order valence-corrected chi connectivity index (χ1v) is 6.67. The molecule has 2 aliphatic rings. The number of hydrogen-bond acceptors (Lipinski definition) is 2. The van der Waals surface area contributed by atoms with E-state index in [4.69, 9.17) is 5.11 Å². The largest absolute Gasteiger partial charge is 0.481 e. The molecule has 96 valence electrons. The van der Waals surface area contributed by atoms with Crippen LogP contribution in [0.5, 0.6) is 0 Å². The van der Waals surface area contributed by atoms with Gasteiger partial charge in [-0.25, -0.2) is 0 Å². The Bertz CT molecular complexity index is 299. The molecule has 1 aliphatic heterocycles. The smallest absolute Gasteiger partial charge is 0.303 e. The fourth-order valence-electron chi connectivity index (χ4n) is 2.74. The van der Waals surface area contributed by atoms with Crippen LogP contribution in [-0.4, -0.2) is 35.0 Å². The third-order valence-corrected chi connectivity index (χ3v) is 4.05. The van der Waals surface area contributed by atoms with Crippen LogP contribution in [0.25, 0.3) is 0 Å². The van der Waals surface area contributed by atoms with Crippen molar-refractivity contribution in [2.75, 3.05) is 13.1 Å². The number of carboxylic acid groups (broad SMARTS) is 1. The van der Waals surface area contributed by atoms with Gasteiger partial charge in [-0.05, 0) is 38.0 Å². The number of hydrogen-bond donors (Lipinski definition) is 1. The lowest BCUT2D eigenvalue weighted by molar-refractivity contribution is -0.140. The molecule has 0 aromatic carbocycles. The number of carboxylic acids is 1. The van der Waals surface area contributed by atoms with Crippen molar-refractivity contribution in [2.24, 2.45) is 11.8 Å². The SMILES string of the molecule is O=C(O)CCC1CCCN(C(=O)C2CCC2)C1. The monoisotopic (exact) mass is 239 g/mol. The highest BCUT2D eigenvalue weighted by molar-refractivity contribution is 5.79. The Balaban J connectivity index is 1.79. The van der Waals surface area contributed by atoms with Gasteiger partial charge in [0.1, 0.15) is 0 Å². The maximum atomic E-state index is 12.1. The number of rotatable bonds is 4. The first-order chi connectivity index (χ1) is 8.16. The summed E-state index contributed by atoms with van der Waals surface area (Å²) in [5.41, 5.74) is 0. The van der Waals surface area contributed by atoms with Gasteiger partial charge in [0.2, 0.25) is 5.91 Å². The molecule has 1 heterocycles. The molecule has 4 nitrogen and oxygen atoms in total. The van der Waals surface area contributed by atoms with E-state index >= 15 is 0 Å². The van der Waals surface area contributed by atoms with Gasteiger partial charge in [0.25, 0.3) is 0 Å². The highest BCUT2D eigenvalue weighted by Crippen LogP contribution is 2.30. The van der Waals surface area contributed by atoms with E-state index in [2.05, 4.69) is 0 Å². The average molecular weight is 239 g/mol. The second-order valence-corrected chi connectivity index (χ2v) is 5.35. The molecule has 4 heteroatoms. The number of likely N-dealkylation sites (tertiary alicyclic amines) is 1. The van der Waals surface area contributed by atoms with Crippen molar-refractivity contribution in [3.05, 3.63) is 0 Å². The third kappa shape index (κ3) is 3.20. The summed E-state index contributed by atoms with van der Waals surface area (Å²) in [5, 5.41) is 8.67. The molecular weight excluding hydrogens is 218 g/mol. The van der Waals surface area contributed by atoms with Crippen molar-refractivity contribution in [1.29, 1.82) is 0 Å². The number of piperidine rings is 1. The number of nitrogens with zero attached hydrogens (tertiary/aromatic N) is 1. The minimum Gasteiger partial charge on any atom is -0.481 e. The highest BCUT2D eigenvalue weighted by Gasteiger charge is 2.32. The van der Waals surface area contributed by atoms with Crippen LogP contribution in [0, 0.1) is 11.8 Å². The Morgan fingerprint density at radius 3 is 2.53 bits per heavy atom. The number of carbonyl (C=O) groups excluding carboxylic acids is 1. The molecule has 1 aliphatic carbocycles. The molecule has 0 aromatic rings.